The minimum absolute atomic E-state index is 0.279. The fourth-order valence-corrected chi connectivity index (χ4v) is 4.39. The number of anilines is 2. The maximum atomic E-state index is 15.1. The smallest absolute Gasteiger partial charge is 0.255 e. The molecule has 5 nitrogen and oxygen atoms in total. The van der Waals surface area contributed by atoms with Crippen molar-refractivity contribution in [2.45, 2.75) is 26.8 Å². The molecule has 0 saturated heterocycles. The van der Waals surface area contributed by atoms with E-state index in [1.54, 1.807) is 18.2 Å². The van der Waals surface area contributed by atoms with Gasteiger partial charge in [-0.3, -0.25) is 9.36 Å². The summed E-state index contributed by atoms with van der Waals surface area (Å²) >= 11 is 0. The number of aryl methyl sites for hydroxylation is 2. The first kappa shape index (κ1) is 20.0. The van der Waals surface area contributed by atoms with Crippen LogP contribution in [-0.4, -0.2) is 15.5 Å². The van der Waals surface area contributed by atoms with E-state index in [2.05, 4.69) is 15.6 Å². The number of amides is 1. The number of hydrogen-bond donors (Lipinski definition) is 2. The summed E-state index contributed by atoms with van der Waals surface area (Å²) in [7, 11) is 0. The molecular weight excluding hydrogens is 403 g/mol. The van der Waals surface area contributed by atoms with Crippen LogP contribution in [0.15, 0.2) is 78.0 Å². The lowest BCUT2D eigenvalue weighted by Crippen LogP contribution is -2.31. The summed E-state index contributed by atoms with van der Waals surface area (Å²) in [6.07, 6.45) is 0. The number of aromatic nitrogens is 2. The van der Waals surface area contributed by atoms with Crippen LogP contribution in [0.4, 0.5) is 16.0 Å². The molecule has 1 atom stereocenters. The average molecular weight is 426 g/mol. The molecule has 1 aliphatic heterocycles. The number of carbonyl (C=O) groups is 1. The van der Waals surface area contributed by atoms with Gasteiger partial charge >= 0.3 is 0 Å². The van der Waals surface area contributed by atoms with E-state index in [-0.39, 0.29) is 11.7 Å². The normalized spacial score (nSPS) is 15.4. The Bertz CT molecular complexity index is 1400. The molecule has 0 unspecified atom stereocenters. The van der Waals surface area contributed by atoms with E-state index in [1.807, 2.05) is 67.8 Å². The number of para-hydroxylation sites is 2. The Labute approximate surface area is 185 Å². The molecule has 1 aliphatic rings. The van der Waals surface area contributed by atoms with Crippen LogP contribution in [0.2, 0.25) is 0 Å². The van der Waals surface area contributed by atoms with E-state index in [9.17, 15) is 4.79 Å². The van der Waals surface area contributed by atoms with E-state index in [0.29, 0.717) is 22.8 Å². The molecule has 1 aromatic heterocycles. The molecule has 0 radical (unpaired) electrons. The molecule has 6 heteroatoms. The number of fused-ring (bicyclic) bond motifs is 3. The van der Waals surface area contributed by atoms with Crippen LogP contribution >= 0.6 is 0 Å². The quantitative estimate of drug-likeness (QED) is 0.441. The molecule has 0 saturated carbocycles. The molecule has 2 N–H and O–H groups in total. The van der Waals surface area contributed by atoms with Gasteiger partial charge in [0.2, 0.25) is 5.95 Å². The second kappa shape index (κ2) is 7.64. The van der Waals surface area contributed by atoms with E-state index >= 15 is 4.39 Å². The zero-order chi connectivity index (χ0) is 22.4. The Balaban J connectivity index is 1.68. The van der Waals surface area contributed by atoms with Crippen molar-refractivity contribution in [3.63, 3.8) is 0 Å². The first-order valence-electron chi connectivity index (χ1n) is 10.5. The first-order valence-corrected chi connectivity index (χ1v) is 10.5. The summed E-state index contributed by atoms with van der Waals surface area (Å²) in [6.45, 7) is 5.79. The Kier molecular flexibility index (Phi) is 4.78. The van der Waals surface area contributed by atoms with Crippen LogP contribution in [-0.2, 0) is 4.79 Å². The van der Waals surface area contributed by atoms with Crippen LogP contribution in [0.1, 0.15) is 29.7 Å². The number of rotatable bonds is 3. The van der Waals surface area contributed by atoms with Gasteiger partial charge in [-0.25, -0.2) is 9.37 Å². The minimum atomic E-state index is -0.661. The van der Waals surface area contributed by atoms with Crippen molar-refractivity contribution in [2.24, 2.45) is 0 Å². The summed E-state index contributed by atoms with van der Waals surface area (Å²) in [5, 5.41) is 6.29. The fourth-order valence-electron chi connectivity index (χ4n) is 4.39. The zero-order valence-corrected chi connectivity index (χ0v) is 18.1. The largest absolute Gasteiger partial charge is 0.329 e. The maximum Gasteiger partial charge on any atom is 0.255 e. The summed E-state index contributed by atoms with van der Waals surface area (Å²) in [6, 6.07) is 19.5. The number of hydrogen-bond acceptors (Lipinski definition) is 3. The molecule has 0 spiro atoms. The number of carbonyl (C=O) groups excluding carboxylic acids is 1. The van der Waals surface area contributed by atoms with Crippen LogP contribution in [0.3, 0.4) is 0 Å². The summed E-state index contributed by atoms with van der Waals surface area (Å²) in [5.74, 6) is -0.0635. The molecule has 3 aromatic carbocycles. The van der Waals surface area contributed by atoms with Gasteiger partial charge in [0.05, 0.1) is 22.6 Å². The molecule has 0 aliphatic carbocycles. The first-order chi connectivity index (χ1) is 15.4. The van der Waals surface area contributed by atoms with Crippen molar-refractivity contribution >= 4 is 28.6 Å². The third-order valence-corrected chi connectivity index (χ3v) is 5.91. The van der Waals surface area contributed by atoms with E-state index in [0.717, 1.165) is 27.8 Å². The molecule has 32 heavy (non-hydrogen) atoms. The molecule has 160 valence electrons. The molecule has 2 heterocycles. The molecule has 4 aromatic rings. The van der Waals surface area contributed by atoms with Crippen LogP contribution in [0.25, 0.3) is 11.0 Å². The van der Waals surface area contributed by atoms with Crippen LogP contribution in [0, 0.1) is 19.7 Å². The highest BCUT2D eigenvalue weighted by atomic mass is 19.1. The van der Waals surface area contributed by atoms with Crippen LogP contribution in [0.5, 0.6) is 0 Å². The standard InChI is InChI=1S/C26H23FN4O/c1-15-12-13-20(16(2)14-15)29-25(32)23-17(3)28-26-30-21-10-6-7-11-22(21)31(26)24(23)18-8-4-5-9-19(18)27/h4-14,24H,1-3H3,(H,28,30)(H,29,32)/t24-/m0/s1. The number of halogens is 1. The van der Waals surface area contributed by atoms with Gasteiger partial charge in [0.15, 0.2) is 0 Å². The third kappa shape index (κ3) is 3.24. The number of nitrogens with one attached hydrogen (secondary N) is 2. The second-order valence-electron chi connectivity index (χ2n) is 8.15. The summed E-state index contributed by atoms with van der Waals surface area (Å²) in [5.41, 5.74) is 5.94. The fraction of sp³-hybridized carbons (Fsp3) is 0.154. The van der Waals surface area contributed by atoms with Crippen molar-refractivity contribution in [2.75, 3.05) is 10.6 Å². The van der Waals surface area contributed by atoms with Gasteiger partial charge in [-0.1, -0.05) is 48.0 Å². The van der Waals surface area contributed by atoms with Gasteiger partial charge in [0, 0.05) is 16.9 Å². The Hall–Kier alpha value is -3.93. The average Bonchev–Trinajstić information content (AvgIpc) is 3.13. The Morgan fingerprint density at radius 2 is 1.78 bits per heavy atom. The third-order valence-electron chi connectivity index (χ3n) is 5.91. The minimum Gasteiger partial charge on any atom is -0.329 e. The van der Waals surface area contributed by atoms with Crippen molar-refractivity contribution in [3.05, 3.63) is 101 Å². The van der Waals surface area contributed by atoms with Crippen molar-refractivity contribution in [1.82, 2.24) is 9.55 Å². The van der Waals surface area contributed by atoms with Gasteiger partial charge < -0.3 is 10.6 Å². The lowest BCUT2D eigenvalue weighted by molar-refractivity contribution is -0.113. The van der Waals surface area contributed by atoms with Crippen LogP contribution < -0.4 is 10.6 Å². The molecule has 1 amide bonds. The Morgan fingerprint density at radius 1 is 1.03 bits per heavy atom. The monoisotopic (exact) mass is 426 g/mol. The van der Waals surface area contributed by atoms with Gasteiger partial charge in [-0.15, -0.1) is 0 Å². The highest BCUT2D eigenvalue weighted by molar-refractivity contribution is 6.06. The molecule has 0 fully saturated rings. The van der Waals surface area contributed by atoms with Gasteiger partial charge in [0.1, 0.15) is 5.82 Å². The second-order valence-corrected chi connectivity index (χ2v) is 8.15. The molecular formula is C26H23FN4O. The number of allylic oxidation sites excluding steroid dienone is 1. The van der Waals surface area contributed by atoms with Gasteiger partial charge in [-0.2, -0.15) is 0 Å². The van der Waals surface area contributed by atoms with Crippen molar-refractivity contribution in [3.8, 4) is 0 Å². The SMILES string of the molecule is CC1=C(C(=O)Nc2ccc(C)cc2C)[C@H](c2ccccc2F)n2c(nc3ccccc32)N1. The lowest BCUT2D eigenvalue weighted by Gasteiger charge is -2.31. The van der Waals surface area contributed by atoms with Crippen molar-refractivity contribution in [1.29, 1.82) is 0 Å². The zero-order valence-electron chi connectivity index (χ0n) is 18.1. The van der Waals surface area contributed by atoms with Crippen molar-refractivity contribution < 1.29 is 9.18 Å². The molecule has 0 bridgehead atoms. The van der Waals surface area contributed by atoms with E-state index < -0.39 is 6.04 Å². The van der Waals surface area contributed by atoms with Gasteiger partial charge in [-0.05, 0) is 50.6 Å². The molecule has 5 rings (SSSR count). The van der Waals surface area contributed by atoms with E-state index in [4.69, 9.17) is 0 Å². The number of imidazole rings is 1. The Morgan fingerprint density at radius 3 is 2.56 bits per heavy atom. The lowest BCUT2D eigenvalue weighted by atomic mass is 9.93. The summed E-state index contributed by atoms with van der Waals surface area (Å²) < 4.78 is 17.0. The summed E-state index contributed by atoms with van der Waals surface area (Å²) in [4.78, 5) is 18.3. The number of nitrogens with zero attached hydrogens (tertiary/aromatic N) is 2. The highest BCUT2D eigenvalue weighted by Gasteiger charge is 2.35. The topological polar surface area (TPSA) is 59.0 Å². The predicted molar refractivity (Wildman–Crippen MR) is 125 cm³/mol. The highest BCUT2D eigenvalue weighted by Crippen LogP contribution is 2.40. The maximum absolute atomic E-state index is 15.1. The van der Waals surface area contributed by atoms with E-state index in [1.165, 1.54) is 6.07 Å². The predicted octanol–water partition coefficient (Wildman–Crippen LogP) is 5.72. The number of benzene rings is 3. The van der Waals surface area contributed by atoms with Gasteiger partial charge in [0.25, 0.3) is 5.91 Å².